The van der Waals surface area contributed by atoms with Crippen molar-refractivity contribution in [3.05, 3.63) is 75.9 Å². The Kier molecular flexibility index (Phi) is 6.85. The molecule has 1 fully saturated rings. The minimum atomic E-state index is -0.303. The summed E-state index contributed by atoms with van der Waals surface area (Å²) in [7, 11) is 0. The van der Waals surface area contributed by atoms with Gasteiger partial charge in [-0.2, -0.15) is 0 Å². The fraction of sp³-hybridized carbons (Fsp3) is 0.238. The summed E-state index contributed by atoms with van der Waals surface area (Å²) in [6.07, 6.45) is 3.10. The number of amides is 2. The number of benzene rings is 2. The Hall–Kier alpha value is -1.92. The number of carbonyl (C=O) groups is 2. The molecule has 0 atom stereocenters. The van der Waals surface area contributed by atoms with Crippen LogP contribution in [0.15, 0.2) is 64.8 Å². The van der Waals surface area contributed by atoms with Crippen LogP contribution in [0.5, 0.6) is 0 Å². The first-order valence-corrected chi connectivity index (χ1v) is 10.5. The zero-order valence-electron chi connectivity index (χ0n) is 14.8. The van der Waals surface area contributed by atoms with Crippen LogP contribution in [0.25, 0.3) is 4.48 Å². The van der Waals surface area contributed by atoms with Crippen LogP contribution < -0.4 is 5.32 Å². The summed E-state index contributed by atoms with van der Waals surface area (Å²) in [4.78, 5) is 27.7. The molecule has 0 radical (unpaired) electrons. The topological polar surface area (TPSA) is 49.4 Å². The van der Waals surface area contributed by atoms with Crippen LogP contribution in [-0.4, -0.2) is 29.8 Å². The van der Waals surface area contributed by atoms with Crippen LogP contribution in [-0.2, 0) is 4.79 Å². The molecule has 6 heteroatoms. The Morgan fingerprint density at radius 2 is 1.56 bits per heavy atom. The molecule has 2 amide bonds. The van der Waals surface area contributed by atoms with Crippen LogP contribution >= 0.6 is 31.9 Å². The lowest BCUT2D eigenvalue weighted by Crippen LogP contribution is -2.41. The maximum absolute atomic E-state index is 13.2. The lowest BCUT2D eigenvalue weighted by molar-refractivity contribution is -0.128. The molecule has 0 unspecified atom stereocenters. The van der Waals surface area contributed by atoms with E-state index in [1.54, 1.807) is 24.3 Å². The molecule has 1 aliphatic rings. The van der Waals surface area contributed by atoms with Crippen molar-refractivity contribution >= 4 is 48.2 Å². The van der Waals surface area contributed by atoms with Crippen LogP contribution in [0.2, 0.25) is 0 Å². The number of rotatable bonds is 4. The molecule has 2 aromatic rings. The number of nitrogens with one attached hydrogen (secondary N) is 1. The van der Waals surface area contributed by atoms with Crippen molar-refractivity contribution in [3.8, 4) is 0 Å². The van der Waals surface area contributed by atoms with Gasteiger partial charge in [0.25, 0.3) is 11.8 Å². The standard InChI is InChI=1S/C21H20Br2N2O2/c22-17-11-7-10-16(14-17)18(23)19(21(27)25-12-5-2-6-13-25)24-20(26)15-8-3-1-4-9-15/h1,3-4,7-11,14H,2,5-6,12-13H2,(H,24,26)/b19-18-. The predicted molar refractivity (Wildman–Crippen MR) is 114 cm³/mol. The molecule has 1 heterocycles. The molecule has 0 bridgehead atoms. The largest absolute Gasteiger partial charge is 0.337 e. The van der Waals surface area contributed by atoms with Gasteiger partial charge in [-0.05, 0) is 65.0 Å². The highest BCUT2D eigenvalue weighted by atomic mass is 79.9. The molecule has 3 rings (SSSR count). The molecule has 0 spiro atoms. The number of carbonyl (C=O) groups excluding carboxylic acids is 2. The lowest BCUT2D eigenvalue weighted by Gasteiger charge is -2.28. The Morgan fingerprint density at radius 3 is 2.22 bits per heavy atom. The van der Waals surface area contributed by atoms with Crippen molar-refractivity contribution in [2.24, 2.45) is 0 Å². The summed E-state index contributed by atoms with van der Waals surface area (Å²) in [5, 5.41) is 2.84. The molecule has 0 aromatic heterocycles. The Balaban J connectivity index is 1.96. The first-order chi connectivity index (χ1) is 13.1. The van der Waals surface area contributed by atoms with Gasteiger partial charge in [0.15, 0.2) is 0 Å². The number of piperidine rings is 1. The molecule has 1 N–H and O–H groups in total. The second-order valence-electron chi connectivity index (χ2n) is 6.37. The molecule has 0 saturated carbocycles. The number of nitrogens with zero attached hydrogens (tertiary/aromatic N) is 1. The van der Waals surface area contributed by atoms with Crippen molar-refractivity contribution in [2.45, 2.75) is 19.3 Å². The van der Waals surface area contributed by atoms with Gasteiger partial charge in [-0.15, -0.1) is 0 Å². The predicted octanol–water partition coefficient (Wildman–Crippen LogP) is 4.96. The summed E-state index contributed by atoms with van der Waals surface area (Å²) in [6.45, 7) is 1.42. The van der Waals surface area contributed by atoms with Crippen molar-refractivity contribution in [1.29, 1.82) is 0 Å². The van der Waals surface area contributed by atoms with Crippen molar-refractivity contribution in [2.75, 3.05) is 13.1 Å². The van der Waals surface area contributed by atoms with Crippen molar-refractivity contribution in [1.82, 2.24) is 10.2 Å². The number of hydrogen-bond donors (Lipinski definition) is 1. The smallest absolute Gasteiger partial charge is 0.271 e. The normalized spacial score (nSPS) is 15.1. The Morgan fingerprint density at radius 1 is 0.889 bits per heavy atom. The molecule has 1 saturated heterocycles. The van der Waals surface area contributed by atoms with Crippen molar-refractivity contribution < 1.29 is 9.59 Å². The van der Waals surface area contributed by atoms with E-state index in [-0.39, 0.29) is 17.5 Å². The maximum atomic E-state index is 13.2. The summed E-state index contributed by atoms with van der Waals surface area (Å²) in [5.74, 6) is -0.464. The third kappa shape index (κ3) is 5.08. The number of hydrogen-bond acceptors (Lipinski definition) is 2. The van der Waals surface area contributed by atoms with Gasteiger partial charge in [0.2, 0.25) is 0 Å². The first kappa shape index (κ1) is 19.8. The van der Waals surface area contributed by atoms with Crippen LogP contribution in [0, 0.1) is 0 Å². The van der Waals surface area contributed by atoms with Crippen LogP contribution in [0.3, 0.4) is 0 Å². The van der Waals surface area contributed by atoms with E-state index < -0.39 is 0 Å². The minimum absolute atomic E-state index is 0.161. The van der Waals surface area contributed by atoms with Crippen LogP contribution in [0.1, 0.15) is 35.2 Å². The van der Waals surface area contributed by atoms with E-state index in [0.29, 0.717) is 23.1 Å². The van der Waals surface area contributed by atoms with Gasteiger partial charge in [-0.3, -0.25) is 9.59 Å². The molecular formula is C21H20Br2N2O2. The van der Waals surface area contributed by atoms with Gasteiger partial charge in [-0.25, -0.2) is 0 Å². The number of halogens is 2. The first-order valence-electron chi connectivity index (χ1n) is 8.87. The SMILES string of the molecule is O=C(N/C(C(=O)N1CCCCC1)=C(\Br)c1cccc(Br)c1)c1ccccc1. The van der Waals surface area contributed by atoms with Gasteiger partial charge >= 0.3 is 0 Å². The molecule has 0 aliphatic carbocycles. The molecule has 2 aromatic carbocycles. The van der Waals surface area contributed by atoms with Gasteiger partial charge < -0.3 is 10.2 Å². The van der Waals surface area contributed by atoms with Crippen LogP contribution in [0.4, 0.5) is 0 Å². The summed E-state index contributed by atoms with van der Waals surface area (Å²) < 4.78 is 1.47. The van der Waals surface area contributed by atoms with E-state index in [1.165, 1.54) is 0 Å². The zero-order chi connectivity index (χ0) is 19.2. The average Bonchev–Trinajstić information content (AvgIpc) is 2.72. The van der Waals surface area contributed by atoms with Gasteiger partial charge in [0.05, 0.1) is 4.48 Å². The summed E-state index contributed by atoms with van der Waals surface area (Å²) in [5.41, 5.74) is 1.60. The van der Waals surface area contributed by atoms with Crippen molar-refractivity contribution in [3.63, 3.8) is 0 Å². The summed E-state index contributed by atoms with van der Waals surface area (Å²) in [6, 6.07) is 16.5. The second-order valence-corrected chi connectivity index (χ2v) is 8.08. The average molecular weight is 492 g/mol. The highest BCUT2D eigenvalue weighted by Gasteiger charge is 2.25. The van der Waals surface area contributed by atoms with Gasteiger partial charge in [0, 0.05) is 23.1 Å². The number of likely N-dealkylation sites (tertiary alicyclic amines) is 1. The van der Waals surface area contributed by atoms with E-state index in [9.17, 15) is 9.59 Å². The van der Waals surface area contributed by atoms with E-state index in [2.05, 4.69) is 37.2 Å². The fourth-order valence-electron chi connectivity index (χ4n) is 3.00. The molecule has 4 nitrogen and oxygen atoms in total. The molecular weight excluding hydrogens is 472 g/mol. The monoisotopic (exact) mass is 490 g/mol. The van der Waals surface area contributed by atoms with E-state index in [4.69, 9.17) is 0 Å². The molecule has 27 heavy (non-hydrogen) atoms. The van der Waals surface area contributed by atoms with E-state index in [0.717, 1.165) is 29.3 Å². The molecule has 140 valence electrons. The zero-order valence-corrected chi connectivity index (χ0v) is 17.9. The quantitative estimate of drug-likeness (QED) is 0.615. The van der Waals surface area contributed by atoms with Gasteiger partial charge in [-0.1, -0.05) is 46.3 Å². The minimum Gasteiger partial charge on any atom is -0.337 e. The summed E-state index contributed by atoms with van der Waals surface area (Å²) >= 11 is 7.01. The van der Waals surface area contributed by atoms with E-state index in [1.807, 2.05) is 35.2 Å². The lowest BCUT2D eigenvalue weighted by atomic mass is 10.1. The highest BCUT2D eigenvalue weighted by molar-refractivity contribution is 9.15. The Labute approximate surface area is 175 Å². The second kappa shape index (κ2) is 9.33. The maximum Gasteiger partial charge on any atom is 0.271 e. The van der Waals surface area contributed by atoms with E-state index >= 15 is 0 Å². The Bertz CT molecular complexity index is 859. The third-order valence-electron chi connectivity index (χ3n) is 4.43. The molecule has 1 aliphatic heterocycles. The third-order valence-corrected chi connectivity index (χ3v) is 5.78. The highest BCUT2D eigenvalue weighted by Crippen LogP contribution is 2.28. The van der Waals surface area contributed by atoms with Gasteiger partial charge in [0.1, 0.15) is 5.70 Å². The fourth-order valence-corrected chi connectivity index (χ4v) is 3.92.